The van der Waals surface area contributed by atoms with E-state index in [4.69, 9.17) is 4.74 Å². The highest BCUT2D eigenvalue weighted by Crippen LogP contribution is 2.20. The third kappa shape index (κ3) is 6.74. The number of rotatable bonds is 9. The van der Waals surface area contributed by atoms with Crippen molar-refractivity contribution in [2.75, 3.05) is 26.0 Å². The van der Waals surface area contributed by atoms with E-state index in [9.17, 15) is 12.8 Å². The average molecular weight is 422 g/mol. The van der Waals surface area contributed by atoms with Crippen molar-refractivity contribution in [1.82, 2.24) is 10.6 Å². The SMILES string of the molecule is CCCOc1cc(C)ccc1CNC(=NC)NCCS(=O)(=O)c1ccccc1F. The van der Waals surface area contributed by atoms with Gasteiger partial charge in [0.1, 0.15) is 16.5 Å². The van der Waals surface area contributed by atoms with Gasteiger partial charge in [0.05, 0.1) is 12.4 Å². The molecule has 2 rings (SSSR count). The monoisotopic (exact) mass is 421 g/mol. The molecule has 0 fully saturated rings. The Morgan fingerprint density at radius 2 is 1.93 bits per heavy atom. The van der Waals surface area contributed by atoms with E-state index >= 15 is 0 Å². The second kappa shape index (κ2) is 10.8. The molecule has 0 unspecified atom stereocenters. The number of hydrogen-bond donors (Lipinski definition) is 2. The minimum atomic E-state index is -3.72. The second-order valence-electron chi connectivity index (χ2n) is 6.56. The largest absolute Gasteiger partial charge is 0.493 e. The summed E-state index contributed by atoms with van der Waals surface area (Å²) >= 11 is 0. The first-order valence-electron chi connectivity index (χ1n) is 9.51. The number of guanidine groups is 1. The maximum atomic E-state index is 13.8. The van der Waals surface area contributed by atoms with Crippen molar-refractivity contribution in [1.29, 1.82) is 0 Å². The van der Waals surface area contributed by atoms with E-state index in [1.807, 2.05) is 25.1 Å². The second-order valence-corrected chi connectivity index (χ2v) is 8.64. The zero-order chi connectivity index (χ0) is 21.3. The van der Waals surface area contributed by atoms with Gasteiger partial charge in [-0.2, -0.15) is 0 Å². The van der Waals surface area contributed by atoms with Crippen LogP contribution in [0.25, 0.3) is 0 Å². The quantitative estimate of drug-likeness (QED) is 0.481. The van der Waals surface area contributed by atoms with Crippen LogP contribution in [-0.2, 0) is 16.4 Å². The van der Waals surface area contributed by atoms with Gasteiger partial charge in [0.25, 0.3) is 0 Å². The number of benzene rings is 2. The number of nitrogens with zero attached hydrogens (tertiary/aromatic N) is 1. The Morgan fingerprint density at radius 3 is 2.62 bits per heavy atom. The maximum Gasteiger partial charge on any atom is 0.191 e. The number of aryl methyl sites for hydroxylation is 1. The molecule has 0 aromatic heterocycles. The molecule has 0 heterocycles. The van der Waals surface area contributed by atoms with Crippen LogP contribution in [0.1, 0.15) is 24.5 Å². The Bertz CT molecular complexity index is 946. The molecule has 0 radical (unpaired) electrons. The molecule has 0 aliphatic heterocycles. The lowest BCUT2D eigenvalue weighted by Crippen LogP contribution is -2.39. The summed E-state index contributed by atoms with van der Waals surface area (Å²) in [5, 5.41) is 6.10. The van der Waals surface area contributed by atoms with Gasteiger partial charge in [-0.1, -0.05) is 31.2 Å². The number of hydrogen-bond acceptors (Lipinski definition) is 4. The minimum Gasteiger partial charge on any atom is -0.493 e. The summed E-state index contributed by atoms with van der Waals surface area (Å²) < 4.78 is 44.2. The molecule has 0 saturated heterocycles. The summed E-state index contributed by atoms with van der Waals surface area (Å²) in [5.74, 6) is 0.283. The molecule has 2 aromatic rings. The molecule has 8 heteroatoms. The average Bonchev–Trinajstić information content (AvgIpc) is 2.70. The molecular weight excluding hydrogens is 393 g/mol. The Kier molecular flexibility index (Phi) is 8.45. The highest BCUT2D eigenvalue weighted by Gasteiger charge is 2.18. The number of halogens is 1. The van der Waals surface area contributed by atoms with Crippen molar-refractivity contribution in [3.05, 3.63) is 59.4 Å². The van der Waals surface area contributed by atoms with Crippen LogP contribution in [0.5, 0.6) is 5.75 Å². The van der Waals surface area contributed by atoms with Crippen LogP contribution in [-0.4, -0.2) is 40.3 Å². The van der Waals surface area contributed by atoms with Crippen molar-refractivity contribution >= 4 is 15.8 Å². The summed E-state index contributed by atoms with van der Waals surface area (Å²) in [7, 11) is -2.12. The van der Waals surface area contributed by atoms with Crippen LogP contribution in [0.15, 0.2) is 52.4 Å². The third-order valence-electron chi connectivity index (χ3n) is 4.19. The minimum absolute atomic E-state index is 0.101. The van der Waals surface area contributed by atoms with Crippen LogP contribution in [0.2, 0.25) is 0 Å². The lowest BCUT2D eigenvalue weighted by atomic mass is 10.1. The van der Waals surface area contributed by atoms with Gasteiger partial charge in [0.15, 0.2) is 15.8 Å². The maximum absolute atomic E-state index is 13.8. The first-order valence-corrected chi connectivity index (χ1v) is 11.2. The third-order valence-corrected chi connectivity index (χ3v) is 5.93. The summed E-state index contributed by atoms with van der Waals surface area (Å²) in [6, 6.07) is 11.4. The lowest BCUT2D eigenvalue weighted by Gasteiger charge is -2.15. The van der Waals surface area contributed by atoms with Crippen LogP contribution in [0.3, 0.4) is 0 Å². The van der Waals surface area contributed by atoms with Gasteiger partial charge in [0, 0.05) is 25.7 Å². The van der Waals surface area contributed by atoms with Crippen molar-refractivity contribution in [2.24, 2.45) is 4.99 Å². The zero-order valence-electron chi connectivity index (χ0n) is 17.0. The van der Waals surface area contributed by atoms with Crippen LogP contribution < -0.4 is 15.4 Å². The molecule has 2 N–H and O–H groups in total. The Labute approximate surface area is 172 Å². The van der Waals surface area contributed by atoms with Crippen molar-refractivity contribution in [3.63, 3.8) is 0 Å². The predicted octanol–water partition coefficient (Wildman–Crippen LogP) is 3.06. The summed E-state index contributed by atoms with van der Waals surface area (Å²) in [5.41, 5.74) is 2.09. The first kappa shape index (κ1) is 22.7. The number of nitrogens with one attached hydrogen (secondary N) is 2. The highest BCUT2D eigenvalue weighted by molar-refractivity contribution is 7.91. The standard InChI is InChI=1S/C21H28FN3O3S/c1-4-12-28-19-14-16(2)9-10-17(19)15-25-21(23-3)24-11-13-29(26,27)20-8-6-5-7-18(20)22/h5-10,14H,4,11-13,15H2,1-3H3,(H2,23,24,25). The fraction of sp³-hybridized carbons (Fsp3) is 0.381. The number of ether oxygens (including phenoxy) is 1. The van der Waals surface area contributed by atoms with Gasteiger partial charge in [-0.25, -0.2) is 12.8 Å². The van der Waals surface area contributed by atoms with Gasteiger partial charge in [-0.3, -0.25) is 4.99 Å². The van der Waals surface area contributed by atoms with Crippen molar-refractivity contribution in [2.45, 2.75) is 31.7 Å². The molecule has 0 spiro atoms. The molecule has 0 atom stereocenters. The first-order chi connectivity index (χ1) is 13.9. The van der Waals surface area contributed by atoms with E-state index < -0.39 is 15.7 Å². The lowest BCUT2D eigenvalue weighted by molar-refractivity contribution is 0.313. The topological polar surface area (TPSA) is 79.8 Å². The molecule has 6 nitrogen and oxygen atoms in total. The molecular formula is C21H28FN3O3S. The number of sulfone groups is 1. The van der Waals surface area contributed by atoms with Gasteiger partial charge < -0.3 is 15.4 Å². The van der Waals surface area contributed by atoms with Gasteiger partial charge in [-0.05, 0) is 37.1 Å². The Hall–Kier alpha value is -2.61. The molecule has 0 aliphatic carbocycles. The Balaban J connectivity index is 1.93. The summed E-state index contributed by atoms with van der Waals surface area (Å²) in [6.07, 6.45) is 0.917. The molecule has 2 aromatic carbocycles. The Morgan fingerprint density at radius 1 is 1.17 bits per heavy atom. The van der Waals surface area contributed by atoms with E-state index in [2.05, 4.69) is 22.5 Å². The molecule has 0 bridgehead atoms. The van der Waals surface area contributed by atoms with Gasteiger partial charge >= 0.3 is 0 Å². The van der Waals surface area contributed by atoms with E-state index in [0.29, 0.717) is 19.1 Å². The molecule has 158 valence electrons. The number of aliphatic imine (C=N–C) groups is 1. The van der Waals surface area contributed by atoms with Crippen LogP contribution in [0.4, 0.5) is 4.39 Å². The fourth-order valence-corrected chi connectivity index (χ4v) is 3.91. The smallest absolute Gasteiger partial charge is 0.191 e. The summed E-state index contributed by atoms with van der Waals surface area (Å²) in [4.78, 5) is 3.82. The van der Waals surface area contributed by atoms with Crippen LogP contribution >= 0.6 is 0 Å². The zero-order valence-corrected chi connectivity index (χ0v) is 17.9. The van der Waals surface area contributed by atoms with Gasteiger partial charge in [-0.15, -0.1) is 0 Å². The van der Waals surface area contributed by atoms with Crippen molar-refractivity contribution in [3.8, 4) is 5.75 Å². The van der Waals surface area contributed by atoms with E-state index in [1.165, 1.54) is 18.2 Å². The molecule has 0 aliphatic rings. The van der Waals surface area contributed by atoms with Gasteiger partial charge in [0.2, 0.25) is 0 Å². The van der Waals surface area contributed by atoms with Crippen molar-refractivity contribution < 1.29 is 17.5 Å². The summed E-state index contributed by atoms with van der Waals surface area (Å²) in [6.45, 7) is 5.27. The highest BCUT2D eigenvalue weighted by atomic mass is 32.2. The van der Waals surface area contributed by atoms with Crippen LogP contribution in [0, 0.1) is 12.7 Å². The van der Waals surface area contributed by atoms with E-state index in [-0.39, 0.29) is 17.2 Å². The van der Waals surface area contributed by atoms with E-state index in [1.54, 1.807) is 7.05 Å². The molecule has 0 amide bonds. The fourth-order valence-electron chi connectivity index (χ4n) is 2.66. The predicted molar refractivity (Wildman–Crippen MR) is 114 cm³/mol. The molecule has 0 saturated carbocycles. The van der Waals surface area contributed by atoms with E-state index in [0.717, 1.165) is 29.4 Å². The normalized spacial score (nSPS) is 11.9. The molecule has 29 heavy (non-hydrogen) atoms.